The van der Waals surface area contributed by atoms with E-state index >= 15 is 4.39 Å². The number of rotatable bonds is 4. The molecule has 1 N–H and O–H groups in total. The summed E-state index contributed by atoms with van der Waals surface area (Å²) in [6.45, 7) is 0.530. The first-order valence-electron chi connectivity index (χ1n) is 9.00. The van der Waals surface area contributed by atoms with E-state index in [1.165, 1.54) is 11.4 Å². The Morgan fingerprint density at radius 2 is 1.70 bits per heavy atom. The molecule has 0 saturated carbocycles. The molecule has 0 atom stereocenters. The molecule has 27 heavy (non-hydrogen) atoms. The van der Waals surface area contributed by atoms with Gasteiger partial charge in [0.15, 0.2) is 4.75 Å². The van der Waals surface area contributed by atoms with E-state index in [-0.39, 0.29) is 52.0 Å². The average Bonchev–Trinajstić information content (AvgIpc) is 2.68. The molecule has 1 amide bonds. The Morgan fingerprint density at radius 3 is 2.22 bits per heavy atom. The minimum Gasteiger partial charge on any atom is -0.381 e. The first kappa shape index (κ1) is 20.7. The molecule has 9 heteroatoms. The Morgan fingerprint density at radius 1 is 1.15 bits per heavy atom. The molecule has 2 saturated heterocycles. The number of carbonyl (C=O) groups is 1. The molecule has 0 unspecified atom stereocenters. The topological polar surface area (TPSA) is 75.7 Å². The summed E-state index contributed by atoms with van der Waals surface area (Å²) in [7, 11) is -2.49. The van der Waals surface area contributed by atoms with Gasteiger partial charge >= 0.3 is 0 Å². The van der Waals surface area contributed by atoms with Gasteiger partial charge in [-0.15, -0.1) is 0 Å². The summed E-state index contributed by atoms with van der Waals surface area (Å²) in [6, 6.07) is 7.00. The maximum atomic E-state index is 15.4. The smallest absolute Gasteiger partial charge is 0.242 e. The number of halogens is 2. The van der Waals surface area contributed by atoms with Gasteiger partial charge in [0.25, 0.3) is 0 Å². The number of carbonyl (C=O) groups excluding carboxylic acids is 1. The van der Waals surface area contributed by atoms with Crippen LogP contribution in [-0.2, 0) is 25.2 Å². The molecular weight excluding hydrogens is 439 g/mol. The Hall–Kier alpha value is -1.03. The maximum Gasteiger partial charge on any atom is 0.242 e. The molecule has 3 rings (SSSR count). The van der Waals surface area contributed by atoms with Crippen LogP contribution in [0.5, 0.6) is 0 Å². The lowest BCUT2D eigenvalue weighted by molar-refractivity contribution is -0.125. The van der Waals surface area contributed by atoms with Crippen molar-refractivity contribution in [2.24, 2.45) is 0 Å². The van der Waals surface area contributed by atoms with Crippen LogP contribution in [0.25, 0.3) is 0 Å². The van der Waals surface area contributed by atoms with E-state index in [1.54, 1.807) is 24.3 Å². The van der Waals surface area contributed by atoms with Gasteiger partial charge in [-0.3, -0.25) is 4.79 Å². The molecule has 2 fully saturated rings. The molecule has 2 heterocycles. The van der Waals surface area contributed by atoms with Gasteiger partial charge in [0.1, 0.15) is 5.67 Å². The minimum absolute atomic E-state index is 0.0501. The van der Waals surface area contributed by atoms with Gasteiger partial charge in [-0.1, -0.05) is 28.1 Å². The van der Waals surface area contributed by atoms with E-state index < -0.39 is 26.3 Å². The fourth-order valence-electron chi connectivity index (χ4n) is 3.90. The zero-order valence-corrected chi connectivity index (χ0v) is 17.6. The standard InChI is InChI=1S/C18H24BrFN2O4S/c1-21-16(23)18(8-12-26-13-9-18)27(24,25)22-10-6-17(20,7-11-22)14-2-4-15(19)5-3-14/h2-5H,6-13H2,1H3,(H,21,23). The number of amides is 1. The SMILES string of the molecule is CNC(=O)C1(S(=O)(=O)N2CCC(F)(c3ccc(Br)cc3)CC2)CCOCC1. The third kappa shape index (κ3) is 3.66. The summed E-state index contributed by atoms with van der Waals surface area (Å²) in [6.07, 6.45) is 0.348. The second kappa shape index (κ2) is 7.77. The molecule has 1 aromatic rings. The Bertz CT molecular complexity index is 786. The monoisotopic (exact) mass is 462 g/mol. The van der Waals surface area contributed by atoms with Gasteiger partial charge in [-0.2, -0.15) is 0 Å². The minimum atomic E-state index is -3.93. The molecule has 0 aromatic heterocycles. The van der Waals surface area contributed by atoms with Gasteiger partial charge in [0, 0.05) is 50.7 Å². The van der Waals surface area contributed by atoms with Crippen LogP contribution < -0.4 is 5.32 Å². The fourth-order valence-corrected chi connectivity index (χ4v) is 6.34. The molecule has 150 valence electrons. The van der Waals surface area contributed by atoms with E-state index in [0.29, 0.717) is 5.56 Å². The van der Waals surface area contributed by atoms with E-state index in [9.17, 15) is 13.2 Å². The second-order valence-corrected chi connectivity index (χ2v) is 10.2. The Kier molecular flexibility index (Phi) is 5.96. The van der Waals surface area contributed by atoms with Crippen molar-refractivity contribution in [1.82, 2.24) is 9.62 Å². The lowest BCUT2D eigenvalue weighted by Crippen LogP contribution is -2.60. The number of alkyl halides is 1. The lowest BCUT2D eigenvalue weighted by Gasteiger charge is -2.42. The maximum absolute atomic E-state index is 15.4. The molecule has 0 spiro atoms. The van der Waals surface area contributed by atoms with Crippen LogP contribution in [0.1, 0.15) is 31.2 Å². The van der Waals surface area contributed by atoms with Crippen LogP contribution in [0.4, 0.5) is 4.39 Å². The van der Waals surface area contributed by atoms with E-state index in [1.807, 2.05) is 0 Å². The van der Waals surface area contributed by atoms with Gasteiger partial charge in [0.2, 0.25) is 15.9 Å². The van der Waals surface area contributed by atoms with Crippen LogP contribution in [-0.4, -0.2) is 56.7 Å². The van der Waals surface area contributed by atoms with Crippen molar-refractivity contribution < 1.29 is 22.3 Å². The molecule has 2 aliphatic heterocycles. The number of hydrogen-bond donors (Lipinski definition) is 1. The second-order valence-electron chi connectivity index (χ2n) is 7.06. The Labute approximate surface area is 167 Å². The van der Waals surface area contributed by atoms with Crippen molar-refractivity contribution in [3.8, 4) is 0 Å². The average molecular weight is 463 g/mol. The zero-order chi connectivity index (χ0) is 19.7. The quantitative estimate of drug-likeness (QED) is 0.744. The van der Waals surface area contributed by atoms with Gasteiger partial charge in [0.05, 0.1) is 0 Å². The predicted molar refractivity (Wildman–Crippen MR) is 104 cm³/mol. The van der Waals surface area contributed by atoms with E-state index in [4.69, 9.17) is 4.74 Å². The summed E-state index contributed by atoms with van der Waals surface area (Å²) in [4.78, 5) is 12.5. The number of ether oxygens (including phenoxy) is 1. The number of nitrogens with zero attached hydrogens (tertiary/aromatic N) is 1. The molecule has 6 nitrogen and oxygen atoms in total. The van der Waals surface area contributed by atoms with E-state index in [0.717, 1.165) is 4.47 Å². The first-order chi connectivity index (χ1) is 12.7. The van der Waals surface area contributed by atoms with Crippen LogP contribution in [0.3, 0.4) is 0 Å². The summed E-state index contributed by atoms with van der Waals surface area (Å²) in [5.41, 5.74) is -1.02. The Balaban J connectivity index is 1.81. The normalized spacial score (nSPS) is 22.9. The van der Waals surface area contributed by atoms with Gasteiger partial charge < -0.3 is 10.1 Å². The highest BCUT2D eigenvalue weighted by Crippen LogP contribution is 2.41. The largest absolute Gasteiger partial charge is 0.381 e. The molecule has 0 radical (unpaired) electrons. The third-order valence-corrected chi connectivity index (χ3v) is 8.81. The molecule has 1 aromatic carbocycles. The summed E-state index contributed by atoms with van der Waals surface area (Å²) < 4.78 is 48.0. The summed E-state index contributed by atoms with van der Waals surface area (Å²) >= 11 is 3.33. The molecule has 0 aliphatic carbocycles. The van der Waals surface area contributed by atoms with Crippen LogP contribution in [0, 0.1) is 0 Å². The van der Waals surface area contributed by atoms with Gasteiger partial charge in [-0.25, -0.2) is 17.1 Å². The van der Waals surface area contributed by atoms with Crippen molar-refractivity contribution in [3.05, 3.63) is 34.3 Å². The summed E-state index contributed by atoms with van der Waals surface area (Å²) in [5.74, 6) is -0.518. The highest BCUT2D eigenvalue weighted by atomic mass is 79.9. The predicted octanol–water partition coefficient (Wildman–Crippen LogP) is 2.33. The third-order valence-electron chi connectivity index (χ3n) is 5.65. The number of benzene rings is 1. The number of hydrogen-bond acceptors (Lipinski definition) is 4. The zero-order valence-electron chi connectivity index (χ0n) is 15.2. The highest BCUT2D eigenvalue weighted by molar-refractivity contribution is 9.10. The highest BCUT2D eigenvalue weighted by Gasteiger charge is 2.55. The fraction of sp³-hybridized carbons (Fsp3) is 0.611. The molecule has 0 bridgehead atoms. The van der Waals surface area contributed by atoms with Crippen LogP contribution in [0.2, 0.25) is 0 Å². The number of nitrogens with one attached hydrogen (secondary N) is 1. The van der Waals surface area contributed by atoms with Crippen molar-refractivity contribution in [2.75, 3.05) is 33.4 Å². The number of piperidine rings is 1. The summed E-state index contributed by atoms with van der Waals surface area (Å²) in [5, 5.41) is 2.49. The van der Waals surface area contributed by atoms with Crippen molar-refractivity contribution in [2.45, 2.75) is 36.1 Å². The van der Waals surface area contributed by atoms with Crippen LogP contribution in [0.15, 0.2) is 28.7 Å². The van der Waals surface area contributed by atoms with Crippen molar-refractivity contribution in [3.63, 3.8) is 0 Å². The molecular formula is C18H24BrFN2O4S. The first-order valence-corrected chi connectivity index (χ1v) is 11.2. The van der Waals surface area contributed by atoms with Gasteiger partial charge in [-0.05, 0) is 30.5 Å². The van der Waals surface area contributed by atoms with Crippen molar-refractivity contribution in [1.29, 1.82) is 0 Å². The lowest BCUT2D eigenvalue weighted by atomic mass is 9.87. The van der Waals surface area contributed by atoms with Crippen LogP contribution >= 0.6 is 15.9 Å². The molecule has 2 aliphatic rings. The van der Waals surface area contributed by atoms with E-state index in [2.05, 4.69) is 21.2 Å². The van der Waals surface area contributed by atoms with Crippen molar-refractivity contribution >= 4 is 31.9 Å². The number of sulfonamides is 1.